The van der Waals surface area contributed by atoms with Gasteiger partial charge in [0.15, 0.2) is 0 Å². The molecule has 0 aliphatic heterocycles. The second kappa shape index (κ2) is 11.5. The predicted octanol–water partition coefficient (Wildman–Crippen LogP) is 10.8. The zero-order chi connectivity index (χ0) is 29.9. The predicted molar refractivity (Wildman–Crippen MR) is 173 cm³/mol. The van der Waals surface area contributed by atoms with Crippen LogP contribution < -0.4 is 0 Å². The maximum atomic E-state index is 4.30. The Hall–Kier alpha value is -4.18. The van der Waals surface area contributed by atoms with Gasteiger partial charge in [0.2, 0.25) is 0 Å². The molecule has 2 unspecified atom stereocenters. The van der Waals surface area contributed by atoms with Crippen LogP contribution >= 0.6 is 0 Å². The van der Waals surface area contributed by atoms with Crippen molar-refractivity contribution < 1.29 is 0 Å². The largest absolute Gasteiger partial charge is 0.123 e. The molecule has 0 saturated heterocycles. The van der Waals surface area contributed by atoms with Crippen LogP contribution in [0.25, 0.3) is 11.1 Å². The average Bonchev–Trinajstić information content (AvgIpc) is 2.88. The minimum atomic E-state index is -0.0255. The molecule has 0 saturated carbocycles. The molecule has 2 aromatic rings. The van der Waals surface area contributed by atoms with E-state index in [9.17, 15) is 0 Å². The van der Waals surface area contributed by atoms with E-state index in [-0.39, 0.29) is 22.2 Å². The first kappa shape index (κ1) is 30.4. The van der Waals surface area contributed by atoms with E-state index in [1.54, 1.807) is 0 Å². The Morgan fingerprint density at radius 1 is 0.725 bits per heavy atom. The van der Waals surface area contributed by atoms with E-state index in [4.69, 9.17) is 0 Å². The summed E-state index contributed by atoms with van der Waals surface area (Å²) in [4.78, 5) is 0. The van der Waals surface area contributed by atoms with Gasteiger partial charge in [-0.15, -0.1) is 11.5 Å². The Kier molecular flexibility index (Phi) is 8.74. The third-order valence-corrected chi connectivity index (χ3v) is 8.39. The monoisotopic (exact) mass is 522 g/mol. The molecule has 2 atom stereocenters. The molecule has 0 heteroatoms. The molecule has 0 aromatic heterocycles. The van der Waals surface area contributed by atoms with Crippen molar-refractivity contribution in [2.45, 2.75) is 60.8 Å². The lowest BCUT2D eigenvalue weighted by Gasteiger charge is -2.46. The molecule has 2 aliphatic carbocycles. The van der Waals surface area contributed by atoms with Crippen LogP contribution in [0.3, 0.4) is 0 Å². The molecule has 4 rings (SSSR count). The fourth-order valence-corrected chi connectivity index (χ4v) is 5.95. The van der Waals surface area contributed by atoms with Gasteiger partial charge in [-0.05, 0) is 58.2 Å². The lowest BCUT2D eigenvalue weighted by molar-refractivity contribution is 0.156. The third-order valence-electron chi connectivity index (χ3n) is 8.39. The molecule has 0 amide bonds. The van der Waals surface area contributed by atoms with Gasteiger partial charge < -0.3 is 0 Å². The molecule has 0 spiro atoms. The normalized spacial score (nSPS) is 19.8. The van der Waals surface area contributed by atoms with Crippen molar-refractivity contribution in [3.63, 3.8) is 0 Å². The number of allylic oxidation sites excluding steroid dienone is 5. The van der Waals surface area contributed by atoms with Crippen LogP contribution in [0.2, 0.25) is 0 Å². The molecule has 2 aliphatic rings. The van der Waals surface area contributed by atoms with Crippen LogP contribution in [-0.2, 0) is 6.42 Å². The summed E-state index contributed by atoms with van der Waals surface area (Å²) in [5, 5.41) is 0. The quantitative estimate of drug-likeness (QED) is 0.302. The molecular weight excluding hydrogens is 480 g/mol. The van der Waals surface area contributed by atoms with Gasteiger partial charge in [-0.3, -0.25) is 0 Å². The minimum Gasteiger partial charge on any atom is -0.123 e. The van der Waals surface area contributed by atoms with Crippen LogP contribution in [0, 0.1) is 16.2 Å². The van der Waals surface area contributed by atoms with Crippen LogP contribution in [0.15, 0.2) is 133 Å². The lowest BCUT2D eigenvalue weighted by atomic mass is 9.56. The van der Waals surface area contributed by atoms with Crippen molar-refractivity contribution >= 4 is 11.1 Å². The Morgan fingerprint density at radius 3 is 1.80 bits per heavy atom. The summed E-state index contributed by atoms with van der Waals surface area (Å²) in [6.45, 7) is 35.2. The summed E-state index contributed by atoms with van der Waals surface area (Å²) in [5.74, 6) is 0.248. The smallest absolute Gasteiger partial charge is 0.0476 e. The minimum absolute atomic E-state index is 0.0255. The molecule has 40 heavy (non-hydrogen) atoms. The van der Waals surface area contributed by atoms with Crippen molar-refractivity contribution in [2.75, 3.05) is 0 Å². The molecular formula is C40H42. The first-order valence-electron chi connectivity index (χ1n) is 13.7. The average molecular weight is 523 g/mol. The highest BCUT2D eigenvalue weighted by molar-refractivity contribution is 5.88. The standard InChI is InChI=1S/C20H22.C20H20/c1-7-11-17-16-13-10-9-12-15(16)14-20(6,18(17)8-2)19(3,4)5;1-7-11-16-15(8-2)14(3)19(20(4,5)6)18-13-10-9-12-17(16)18/h9-10,12-13H,1-2,14H2,3-6H3;9-10,12-13,19H,1-3H2,4-6H3. The SMILES string of the molecule is C=C=C=C1C(=C=C)C(=C)C(C(C)(C)C)c2ccccc21.C=C=C=C1C(=C=C)C(C)(C(C)(C)C)Cc2ccccc21. The fraction of sp³-hybridized carbons (Fsp3) is 0.300. The third kappa shape index (κ3) is 5.44. The zero-order valence-electron chi connectivity index (χ0n) is 25.4. The van der Waals surface area contributed by atoms with E-state index < -0.39 is 0 Å². The van der Waals surface area contributed by atoms with Crippen LogP contribution in [0.4, 0.5) is 0 Å². The van der Waals surface area contributed by atoms with Crippen LogP contribution in [-0.4, -0.2) is 0 Å². The van der Waals surface area contributed by atoms with Gasteiger partial charge >= 0.3 is 0 Å². The number of fused-ring (bicyclic) bond motifs is 2. The Bertz CT molecular complexity index is 1630. The highest BCUT2D eigenvalue weighted by Crippen LogP contribution is 2.54. The highest BCUT2D eigenvalue weighted by Gasteiger charge is 2.45. The molecule has 0 N–H and O–H groups in total. The molecule has 202 valence electrons. The van der Waals surface area contributed by atoms with Crippen molar-refractivity contribution in [2.24, 2.45) is 16.2 Å². The van der Waals surface area contributed by atoms with Gasteiger partial charge in [0.25, 0.3) is 0 Å². The van der Waals surface area contributed by atoms with Gasteiger partial charge in [0.1, 0.15) is 0 Å². The van der Waals surface area contributed by atoms with Gasteiger partial charge in [0, 0.05) is 33.6 Å². The summed E-state index contributed by atoms with van der Waals surface area (Å²) in [5.41, 5.74) is 28.3. The lowest BCUT2D eigenvalue weighted by Crippen LogP contribution is -2.39. The summed E-state index contributed by atoms with van der Waals surface area (Å²) >= 11 is 0. The summed E-state index contributed by atoms with van der Waals surface area (Å²) in [6, 6.07) is 16.9. The molecule has 0 heterocycles. The topological polar surface area (TPSA) is 0 Å². The van der Waals surface area contributed by atoms with Gasteiger partial charge in [-0.2, -0.15) is 0 Å². The van der Waals surface area contributed by atoms with E-state index in [1.807, 2.05) is 6.07 Å². The Morgan fingerprint density at radius 2 is 1.27 bits per heavy atom. The maximum absolute atomic E-state index is 4.30. The summed E-state index contributed by atoms with van der Waals surface area (Å²) in [7, 11) is 0. The molecule has 0 fully saturated rings. The van der Waals surface area contributed by atoms with Crippen molar-refractivity contribution in [1.82, 2.24) is 0 Å². The van der Waals surface area contributed by atoms with E-state index >= 15 is 0 Å². The van der Waals surface area contributed by atoms with Crippen LogP contribution in [0.1, 0.15) is 76.6 Å². The Balaban J connectivity index is 0.000000220. The van der Waals surface area contributed by atoms with Crippen molar-refractivity contribution in [1.29, 1.82) is 0 Å². The molecule has 0 radical (unpaired) electrons. The zero-order valence-corrected chi connectivity index (χ0v) is 25.4. The van der Waals surface area contributed by atoms with Crippen molar-refractivity contribution in [3.8, 4) is 0 Å². The van der Waals surface area contributed by atoms with Crippen molar-refractivity contribution in [3.05, 3.63) is 155 Å². The number of hydrogen-bond acceptors (Lipinski definition) is 0. The fourth-order valence-electron chi connectivity index (χ4n) is 5.95. The summed E-state index contributed by atoms with van der Waals surface area (Å²) < 4.78 is 0. The van der Waals surface area contributed by atoms with Crippen LogP contribution in [0.5, 0.6) is 0 Å². The van der Waals surface area contributed by atoms with E-state index in [2.05, 4.69) is 158 Å². The summed E-state index contributed by atoms with van der Waals surface area (Å²) in [6.07, 6.45) is 0.993. The number of rotatable bonds is 0. The van der Waals surface area contributed by atoms with Gasteiger partial charge in [0.05, 0.1) is 0 Å². The number of hydrogen-bond donors (Lipinski definition) is 0. The maximum Gasteiger partial charge on any atom is 0.0476 e. The highest BCUT2D eigenvalue weighted by atomic mass is 14.5. The molecule has 2 aromatic carbocycles. The second-order valence-corrected chi connectivity index (χ2v) is 12.8. The van der Waals surface area contributed by atoms with E-state index in [0.29, 0.717) is 0 Å². The first-order valence-corrected chi connectivity index (χ1v) is 13.7. The van der Waals surface area contributed by atoms with Gasteiger partial charge in [-0.1, -0.05) is 140 Å². The van der Waals surface area contributed by atoms with Gasteiger partial charge in [-0.25, -0.2) is 0 Å². The van der Waals surface area contributed by atoms with E-state index in [0.717, 1.165) is 39.8 Å². The molecule has 0 nitrogen and oxygen atoms in total. The first-order chi connectivity index (χ1) is 18.8. The Labute approximate surface area is 242 Å². The number of benzene rings is 2. The molecule has 0 bridgehead atoms. The second-order valence-electron chi connectivity index (χ2n) is 12.8. The van der Waals surface area contributed by atoms with E-state index in [1.165, 1.54) is 16.7 Å².